The van der Waals surface area contributed by atoms with E-state index in [4.69, 9.17) is 0 Å². The van der Waals surface area contributed by atoms with E-state index < -0.39 is 71.4 Å². The largest absolute Gasteiger partial charge is 0.468 e. The van der Waals surface area contributed by atoms with E-state index in [1.807, 2.05) is 0 Å². The van der Waals surface area contributed by atoms with Crippen molar-refractivity contribution in [2.45, 2.75) is 23.9 Å². The molecule has 0 bridgehead atoms. The van der Waals surface area contributed by atoms with Crippen LogP contribution in [-0.2, 0) is 21.1 Å². The number of fused-ring (bicyclic) bond motifs is 2. The van der Waals surface area contributed by atoms with Gasteiger partial charge in [-0.25, -0.2) is 13.2 Å². The Bertz CT molecular complexity index is 775. The molecule has 3 rings (SSSR count). The molecule has 4 nitrogen and oxygen atoms in total. The van der Waals surface area contributed by atoms with Crippen LogP contribution in [0.5, 0.6) is 0 Å². The molecule has 10 heteroatoms. The number of carbonyl (C=O) groups is 2. The second-order valence-electron chi connectivity index (χ2n) is 6.05. The number of methoxy groups -OCH3 is 1. The molecule has 1 unspecified atom stereocenters. The highest BCUT2D eigenvalue weighted by Crippen LogP contribution is 2.64. The van der Waals surface area contributed by atoms with Crippen LogP contribution in [0.2, 0.25) is 0 Å². The molecule has 25 heavy (non-hydrogen) atoms. The topological polar surface area (TPSA) is 46.6 Å². The number of halogens is 6. The van der Waals surface area contributed by atoms with E-state index in [1.54, 1.807) is 0 Å². The molecule has 0 radical (unpaired) electrons. The Morgan fingerprint density at radius 1 is 1.32 bits per heavy atom. The predicted molar refractivity (Wildman–Crippen MR) is 70.6 cm³/mol. The van der Waals surface area contributed by atoms with Gasteiger partial charge in [0.1, 0.15) is 12.4 Å². The van der Waals surface area contributed by atoms with E-state index in [-0.39, 0.29) is 0 Å². The lowest BCUT2D eigenvalue weighted by Crippen LogP contribution is -2.48. The summed E-state index contributed by atoms with van der Waals surface area (Å²) < 4.78 is 85.4. The highest BCUT2D eigenvalue weighted by molar-refractivity contribution is 5.99. The summed E-state index contributed by atoms with van der Waals surface area (Å²) in [4.78, 5) is 24.4. The van der Waals surface area contributed by atoms with Gasteiger partial charge in [-0.15, -0.1) is 0 Å². The van der Waals surface area contributed by atoms with Crippen LogP contribution in [0.15, 0.2) is 12.1 Å². The Balaban J connectivity index is 2.16. The average molecular weight is 367 g/mol. The van der Waals surface area contributed by atoms with Crippen molar-refractivity contribution in [3.8, 4) is 0 Å². The number of alkyl halides is 5. The third-order valence-electron chi connectivity index (χ3n) is 4.55. The third kappa shape index (κ3) is 2.46. The van der Waals surface area contributed by atoms with Crippen LogP contribution in [0, 0.1) is 5.82 Å². The number of esters is 1. The summed E-state index contributed by atoms with van der Waals surface area (Å²) in [5.41, 5.74) is -5.51. The molecule has 0 N–H and O–H groups in total. The number of carbonyl (C=O) groups excluding carboxylic acids is 2. The highest BCUT2D eigenvalue weighted by Gasteiger charge is 2.75. The van der Waals surface area contributed by atoms with Crippen LogP contribution in [0.1, 0.15) is 27.9 Å². The first-order valence-corrected chi connectivity index (χ1v) is 7.09. The molecule has 2 aliphatic rings. The average Bonchev–Trinajstić information content (AvgIpc) is 3.03. The van der Waals surface area contributed by atoms with Crippen molar-refractivity contribution in [1.29, 1.82) is 0 Å². The van der Waals surface area contributed by atoms with E-state index in [1.165, 1.54) is 0 Å². The molecule has 136 valence electrons. The minimum Gasteiger partial charge on any atom is -0.468 e. The molecule has 1 aromatic rings. The van der Waals surface area contributed by atoms with Crippen molar-refractivity contribution in [2.75, 3.05) is 20.2 Å². The fourth-order valence-corrected chi connectivity index (χ4v) is 3.21. The number of ether oxygens (including phenoxy) is 1. The Hall–Kier alpha value is -2.26. The molecule has 1 spiro atoms. The Morgan fingerprint density at radius 3 is 2.40 bits per heavy atom. The SMILES string of the molecule is COC(=O)CN1CC2(CC2(F)F)c2c(ccc(C(F)(F)F)c2F)C1=O. The number of hydrogen-bond acceptors (Lipinski definition) is 3. The van der Waals surface area contributed by atoms with E-state index in [9.17, 15) is 35.9 Å². The zero-order valence-electron chi connectivity index (χ0n) is 12.7. The molecule has 1 saturated carbocycles. The minimum absolute atomic E-state index is 0.335. The van der Waals surface area contributed by atoms with Gasteiger partial charge in [-0.1, -0.05) is 0 Å². The lowest BCUT2D eigenvalue weighted by molar-refractivity contribution is -0.141. The van der Waals surface area contributed by atoms with Crippen LogP contribution in [0.4, 0.5) is 26.3 Å². The monoisotopic (exact) mass is 367 g/mol. The molecule has 1 aliphatic heterocycles. The molecule has 1 aromatic carbocycles. The lowest BCUT2D eigenvalue weighted by Gasteiger charge is -2.34. The van der Waals surface area contributed by atoms with Crippen LogP contribution in [-0.4, -0.2) is 42.9 Å². The number of hydrogen-bond donors (Lipinski definition) is 0. The van der Waals surface area contributed by atoms with Gasteiger partial charge < -0.3 is 9.64 Å². The molecule has 0 aromatic heterocycles. The van der Waals surface area contributed by atoms with Gasteiger partial charge in [0.05, 0.1) is 18.1 Å². The quantitative estimate of drug-likeness (QED) is 0.597. The zero-order chi connectivity index (χ0) is 18.8. The Morgan fingerprint density at radius 2 is 1.92 bits per heavy atom. The maximum absolute atomic E-state index is 14.4. The number of nitrogens with zero attached hydrogens (tertiary/aromatic N) is 1. The normalized spacial score (nSPS) is 24.3. The van der Waals surface area contributed by atoms with E-state index in [0.717, 1.165) is 12.0 Å². The van der Waals surface area contributed by atoms with Crippen molar-refractivity contribution in [3.63, 3.8) is 0 Å². The summed E-state index contributed by atoms with van der Waals surface area (Å²) in [5, 5.41) is 0. The van der Waals surface area contributed by atoms with Gasteiger partial charge in [0, 0.05) is 24.1 Å². The first kappa shape index (κ1) is 17.6. The van der Waals surface area contributed by atoms with Gasteiger partial charge in [0.2, 0.25) is 0 Å². The van der Waals surface area contributed by atoms with Crippen molar-refractivity contribution < 1.29 is 40.7 Å². The van der Waals surface area contributed by atoms with Crippen LogP contribution in [0.25, 0.3) is 0 Å². The molecule has 1 fully saturated rings. The van der Waals surface area contributed by atoms with E-state index in [2.05, 4.69) is 4.74 Å². The third-order valence-corrected chi connectivity index (χ3v) is 4.55. The summed E-state index contributed by atoms with van der Waals surface area (Å²) in [6.07, 6.45) is -5.99. The molecular weight excluding hydrogens is 356 g/mol. The highest BCUT2D eigenvalue weighted by atomic mass is 19.4. The summed E-state index contributed by atoms with van der Waals surface area (Å²) in [7, 11) is 1.03. The second-order valence-corrected chi connectivity index (χ2v) is 6.05. The van der Waals surface area contributed by atoms with Gasteiger partial charge in [-0.05, 0) is 12.1 Å². The van der Waals surface area contributed by atoms with Crippen molar-refractivity contribution >= 4 is 11.9 Å². The maximum Gasteiger partial charge on any atom is 0.419 e. The van der Waals surface area contributed by atoms with Gasteiger partial charge in [0.25, 0.3) is 11.8 Å². The lowest BCUT2D eigenvalue weighted by atomic mass is 9.84. The zero-order valence-corrected chi connectivity index (χ0v) is 12.7. The number of amides is 1. The summed E-state index contributed by atoms with van der Waals surface area (Å²) in [6, 6.07) is 1.01. The van der Waals surface area contributed by atoms with Gasteiger partial charge >= 0.3 is 12.1 Å². The molecule has 0 saturated heterocycles. The smallest absolute Gasteiger partial charge is 0.419 e. The molecule has 1 amide bonds. The first-order chi connectivity index (χ1) is 11.4. The second kappa shape index (κ2) is 5.12. The van der Waals surface area contributed by atoms with Crippen LogP contribution in [0.3, 0.4) is 0 Å². The van der Waals surface area contributed by atoms with E-state index >= 15 is 0 Å². The predicted octanol–water partition coefficient (Wildman–Crippen LogP) is 2.75. The van der Waals surface area contributed by atoms with E-state index in [0.29, 0.717) is 12.1 Å². The minimum atomic E-state index is -5.09. The Kier molecular flexibility index (Phi) is 3.60. The summed E-state index contributed by atoms with van der Waals surface area (Å²) in [5.74, 6) is -7.24. The Labute approximate surface area is 137 Å². The molecular formula is C15H11F6NO3. The summed E-state index contributed by atoms with van der Waals surface area (Å²) >= 11 is 0. The number of rotatable bonds is 2. The standard InChI is InChI=1S/C15H11F6NO3/c1-25-9(23)4-22-6-13(5-14(13,17)18)10-7(12(22)24)2-3-8(11(10)16)15(19,20)21/h2-3H,4-6H2,1H3. The number of benzene rings is 1. The van der Waals surface area contributed by atoms with Crippen LogP contribution >= 0.6 is 0 Å². The maximum atomic E-state index is 14.4. The van der Waals surface area contributed by atoms with Crippen molar-refractivity contribution in [3.05, 3.63) is 34.6 Å². The summed E-state index contributed by atoms with van der Waals surface area (Å²) in [6.45, 7) is -1.42. The van der Waals surface area contributed by atoms with Crippen molar-refractivity contribution in [2.24, 2.45) is 0 Å². The van der Waals surface area contributed by atoms with Crippen LogP contribution < -0.4 is 0 Å². The van der Waals surface area contributed by atoms with Gasteiger partial charge in [-0.2, -0.15) is 13.2 Å². The van der Waals surface area contributed by atoms with Gasteiger partial charge in [-0.3, -0.25) is 9.59 Å². The fraction of sp³-hybridized carbons (Fsp3) is 0.467. The molecule has 1 aliphatic carbocycles. The van der Waals surface area contributed by atoms with Crippen molar-refractivity contribution in [1.82, 2.24) is 4.90 Å². The fourth-order valence-electron chi connectivity index (χ4n) is 3.21. The first-order valence-electron chi connectivity index (χ1n) is 7.09. The van der Waals surface area contributed by atoms with Gasteiger partial charge in [0.15, 0.2) is 0 Å². The molecule has 1 heterocycles. The molecule has 1 atom stereocenters.